The van der Waals surface area contributed by atoms with Crippen molar-refractivity contribution in [3.8, 4) is 12.1 Å². The molecule has 0 aliphatic heterocycles. The van der Waals surface area contributed by atoms with Crippen molar-refractivity contribution in [2.45, 2.75) is 76.7 Å². The predicted octanol–water partition coefficient (Wildman–Crippen LogP) is 3.63. The molecule has 0 amide bonds. The van der Waals surface area contributed by atoms with E-state index in [1.54, 1.807) is 28.1 Å². The molecule has 0 saturated carbocycles. The maximum Gasteiger partial charge on any atom is 0.167 e. The Morgan fingerprint density at radius 1 is 0.727 bits per heavy atom. The van der Waals surface area contributed by atoms with Gasteiger partial charge in [0.05, 0.1) is 23.3 Å². The van der Waals surface area contributed by atoms with Gasteiger partial charge < -0.3 is 9.47 Å². The molecule has 6 heteroatoms. The van der Waals surface area contributed by atoms with Crippen molar-refractivity contribution in [2.75, 3.05) is 14.2 Å². The van der Waals surface area contributed by atoms with Gasteiger partial charge in [-0.15, -0.1) is 0 Å². The van der Waals surface area contributed by atoms with Crippen LogP contribution in [0.3, 0.4) is 0 Å². The van der Waals surface area contributed by atoms with Crippen LogP contribution < -0.4 is 0 Å². The second-order valence-corrected chi connectivity index (χ2v) is 7.25. The van der Waals surface area contributed by atoms with E-state index in [9.17, 15) is 10.5 Å². The number of hydrogen-bond donors (Lipinski definition) is 0. The average Bonchev–Trinajstić information content (AvgIpc) is 2.44. The molecule has 0 aromatic rings. The van der Waals surface area contributed by atoms with Crippen LogP contribution in [0.15, 0.2) is 10.2 Å². The van der Waals surface area contributed by atoms with Crippen molar-refractivity contribution in [2.24, 2.45) is 10.2 Å². The molecule has 0 unspecified atom stereocenters. The zero-order valence-electron chi connectivity index (χ0n) is 15.0. The van der Waals surface area contributed by atoms with Gasteiger partial charge in [-0.05, 0) is 41.5 Å². The van der Waals surface area contributed by atoms with Crippen LogP contribution in [0.2, 0.25) is 0 Å². The van der Waals surface area contributed by atoms with E-state index in [0.717, 1.165) is 0 Å². The van der Waals surface area contributed by atoms with Gasteiger partial charge in [0.15, 0.2) is 11.1 Å². The Hall–Kier alpha value is -1.50. The fourth-order valence-electron chi connectivity index (χ4n) is 2.22. The minimum absolute atomic E-state index is 0.381. The highest BCUT2D eigenvalue weighted by Gasteiger charge is 2.36. The van der Waals surface area contributed by atoms with Crippen molar-refractivity contribution < 1.29 is 9.47 Å². The minimum Gasteiger partial charge on any atom is -0.379 e. The number of rotatable bonds is 8. The van der Waals surface area contributed by atoms with Gasteiger partial charge in [-0.3, -0.25) is 0 Å². The summed E-state index contributed by atoms with van der Waals surface area (Å²) >= 11 is 0. The van der Waals surface area contributed by atoms with Crippen LogP contribution in [-0.4, -0.2) is 36.5 Å². The van der Waals surface area contributed by atoms with E-state index >= 15 is 0 Å². The van der Waals surface area contributed by atoms with Crippen LogP contribution in [-0.2, 0) is 9.47 Å². The molecule has 0 aliphatic rings. The third-order valence-electron chi connectivity index (χ3n) is 3.62. The minimum atomic E-state index is -1.05. The zero-order chi connectivity index (χ0) is 17.7. The SMILES string of the molecule is COC(C)(C)C[C@@](C)(C#N)N=N[C@](C)(C#N)CC(C)(C)OC. The number of nitrogens with zero attached hydrogens (tertiary/aromatic N) is 4. The fraction of sp³-hybridized carbons (Fsp3) is 0.875. The van der Waals surface area contributed by atoms with E-state index in [1.165, 1.54) is 0 Å². The average molecular weight is 308 g/mol. The Kier molecular flexibility index (Phi) is 6.69. The monoisotopic (exact) mass is 308 g/mol. The van der Waals surface area contributed by atoms with Gasteiger partial charge in [-0.1, -0.05) is 0 Å². The largest absolute Gasteiger partial charge is 0.379 e. The van der Waals surface area contributed by atoms with Gasteiger partial charge in [-0.2, -0.15) is 20.8 Å². The molecule has 0 spiro atoms. The molecule has 0 aliphatic carbocycles. The lowest BCUT2D eigenvalue weighted by Crippen LogP contribution is -2.37. The zero-order valence-corrected chi connectivity index (χ0v) is 15.0. The van der Waals surface area contributed by atoms with Crippen LogP contribution in [0.25, 0.3) is 0 Å². The predicted molar refractivity (Wildman–Crippen MR) is 84.3 cm³/mol. The summed E-state index contributed by atoms with van der Waals surface area (Å²) in [6, 6.07) is 4.32. The first-order valence-electron chi connectivity index (χ1n) is 7.23. The van der Waals surface area contributed by atoms with Crippen molar-refractivity contribution >= 4 is 0 Å². The van der Waals surface area contributed by atoms with E-state index in [0.29, 0.717) is 12.8 Å². The van der Waals surface area contributed by atoms with Gasteiger partial charge >= 0.3 is 0 Å². The fourth-order valence-corrected chi connectivity index (χ4v) is 2.22. The summed E-state index contributed by atoms with van der Waals surface area (Å²) < 4.78 is 10.7. The first-order chi connectivity index (χ1) is 9.86. The summed E-state index contributed by atoms with van der Waals surface area (Å²) in [5.41, 5.74) is -3.10. The molecule has 0 radical (unpaired) electrons. The lowest BCUT2D eigenvalue weighted by atomic mass is 9.88. The second kappa shape index (κ2) is 7.17. The first kappa shape index (κ1) is 20.5. The van der Waals surface area contributed by atoms with Crippen LogP contribution in [0, 0.1) is 22.7 Å². The van der Waals surface area contributed by atoms with Gasteiger partial charge in [0.1, 0.15) is 0 Å². The van der Waals surface area contributed by atoms with Gasteiger partial charge in [0.25, 0.3) is 0 Å². The van der Waals surface area contributed by atoms with Crippen molar-refractivity contribution in [1.29, 1.82) is 10.5 Å². The van der Waals surface area contributed by atoms with Crippen LogP contribution >= 0.6 is 0 Å². The number of azo groups is 1. The standard InChI is InChI=1S/C16H28N4O2/c1-13(2,21-7)9-15(5,11-17)19-20-16(6,12-18)10-14(3,4)22-8/h9-10H2,1-8H3/t15-,16-/m0/s1. The smallest absolute Gasteiger partial charge is 0.167 e. The molecule has 0 aromatic heterocycles. The number of methoxy groups -OCH3 is 2. The summed E-state index contributed by atoms with van der Waals surface area (Å²) in [6.07, 6.45) is 0.761. The molecule has 2 atom stereocenters. The van der Waals surface area contributed by atoms with Crippen molar-refractivity contribution in [3.05, 3.63) is 0 Å². The van der Waals surface area contributed by atoms with Gasteiger partial charge in [0, 0.05) is 27.1 Å². The summed E-state index contributed by atoms with van der Waals surface area (Å²) in [5.74, 6) is 0. The van der Waals surface area contributed by atoms with Gasteiger partial charge in [-0.25, -0.2) is 0 Å². The highest BCUT2D eigenvalue weighted by molar-refractivity contribution is 5.10. The normalized spacial score (nSPS) is 18.3. The van der Waals surface area contributed by atoms with Gasteiger partial charge in [0.2, 0.25) is 0 Å². The van der Waals surface area contributed by atoms with Crippen LogP contribution in [0.5, 0.6) is 0 Å². The third kappa shape index (κ3) is 6.51. The summed E-state index contributed by atoms with van der Waals surface area (Å²) in [4.78, 5) is 0. The Balaban J connectivity index is 5.33. The molecule has 22 heavy (non-hydrogen) atoms. The maximum atomic E-state index is 9.43. The van der Waals surface area contributed by atoms with Crippen LogP contribution in [0.1, 0.15) is 54.4 Å². The molecule has 0 bridgehead atoms. The Labute approximate surface area is 134 Å². The van der Waals surface area contributed by atoms with Crippen molar-refractivity contribution in [1.82, 2.24) is 0 Å². The quantitative estimate of drug-likeness (QED) is 0.640. The van der Waals surface area contributed by atoms with E-state index < -0.39 is 22.3 Å². The molecular formula is C16H28N4O2. The Morgan fingerprint density at radius 2 is 1.00 bits per heavy atom. The summed E-state index contributed by atoms with van der Waals surface area (Å²) in [7, 11) is 3.19. The number of hydrogen-bond acceptors (Lipinski definition) is 6. The third-order valence-corrected chi connectivity index (χ3v) is 3.62. The van der Waals surface area contributed by atoms with Crippen molar-refractivity contribution in [3.63, 3.8) is 0 Å². The Bertz CT molecular complexity index is 443. The topological polar surface area (TPSA) is 90.8 Å². The summed E-state index contributed by atoms with van der Waals surface area (Å²) in [5, 5.41) is 27.2. The second-order valence-electron chi connectivity index (χ2n) is 7.25. The highest BCUT2D eigenvalue weighted by atomic mass is 16.5. The van der Waals surface area contributed by atoms with Crippen LogP contribution in [0.4, 0.5) is 0 Å². The maximum absolute atomic E-state index is 9.43. The van der Waals surface area contributed by atoms with E-state index in [1.807, 2.05) is 27.7 Å². The van der Waals surface area contributed by atoms with E-state index in [-0.39, 0.29) is 0 Å². The highest BCUT2D eigenvalue weighted by Crippen LogP contribution is 2.30. The van der Waals surface area contributed by atoms with E-state index in [2.05, 4.69) is 22.4 Å². The Morgan fingerprint density at radius 3 is 1.18 bits per heavy atom. The lowest BCUT2D eigenvalue weighted by molar-refractivity contribution is 0.000704. The molecule has 0 N–H and O–H groups in total. The van der Waals surface area contributed by atoms with E-state index in [4.69, 9.17) is 9.47 Å². The summed E-state index contributed by atoms with van der Waals surface area (Å²) in [6.45, 7) is 10.9. The molecular weight excluding hydrogens is 280 g/mol. The number of ether oxygens (including phenoxy) is 2. The molecule has 0 aromatic carbocycles. The molecule has 0 heterocycles. The lowest BCUT2D eigenvalue weighted by Gasteiger charge is -2.31. The molecule has 124 valence electrons. The first-order valence-corrected chi connectivity index (χ1v) is 7.23. The molecule has 6 nitrogen and oxygen atoms in total. The molecule has 0 rings (SSSR count). The molecule has 0 saturated heterocycles. The number of nitriles is 2. The molecule has 0 fully saturated rings.